The number of benzene rings is 3. The molecule has 0 aliphatic carbocycles. The van der Waals surface area contributed by atoms with Gasteiger partial charge in [0.1, 0.15) is 5.75 Å². The first-order chi connectivity index (χ1) is 16.2. The molecule has 33 heavy (non-hydrogen) atoms. The summed E-state index contributed by atoms with van der Waals surface area (Å²) in [7, 11) is 0. The normalized spacial score (nSPS) is 11.7. The minimum Gasteiger partial charge on any atom is -0.493 e. The summed E-state index contributed by atoms with van der Waals surface area (Å²) in [4.78, 5) is 28.5. The van der Waals surface area contributed by atoms with Crippen molar-refractivity contribution >= 4 is 22.7 Å². The third-order valence-corrected chi connectivity index (χ3v) is 5.54. The highest BCUT2D eigenvalue weighted by Crippen LogP contribution is 2.30. The number of carbonyl (C=O) groups excluding carboxylic acids is 2. The van der Waals surface area contributed by atoms with E-state index in [9.17, 15) is 9.59 Å². The van der Waals surface area contributed by atoms with E-state index in [-0.39, 0.29) is 24.3 Å². The fraction of sp³-hybridized carbons (Fsp3) is 0.185. The Bertz CT molecular complexity index is 1230. The zero-order valence-electron chi connectivity index (χ0n) is 18.5. The molecule has 0 aliphatic rings. The second-order valence-corrected chi connectivity index (χ2v) is 7.67. The molecule has 0 fully saturated rings. The van der Waals surface area contributed by atoms with Gasteiger partial charge >= 0.3 is 0 Å². The molecule has 1 aromatic heterocycles. The first-order valence-electron chi connectivity index (χ1n) is 11.0. The molecule has 0 spiro atoms. The largest absolute Gasteiger partial charge is 0.493 e. The van der Waals surface area contributed by atoms with Gasteiger partial charge in [0.25, 0.3) is 5.91 Å². The molecule has 3 N–H and O–H groups in total. The number of hydrogen-bond donors (Lipinski definition) is 3. The van der Waals surface area contributed by atoms with Gasteiger partial charge in [-0.1, -0.05) is 60.7 Å². The van der Waals surface area contributed by atoms with Gasteiger partial charge in [0.2, 0.25) is 5.91 Å². The highest BCUT2D eigenvalue weighted by atomic mass is 16.5. The van der Waals surface area contributed by atoms with Crippen molar-refractivity contribution in [2.24, 2.45) is 0 Å². The first-order valence-corrected chi connectivity index (χ1v) is 11.0. The van der Waals surface area contributed by atoms with E-state index in [1.807, 2.05) is 55.6 Å². The van der Waals surface area contributed by atoms with Crippen molar-refractivity contribution in [1.82, 2.24) is 15.6 Å². The lowest BCUT2D eigenvalue weighted by atomic mass is 9.91. The number of H-pyrrole nitrogens is 1. The van der Waals surface area contributed by atoms with Gasteiger partial charge in [-0.2, -0.15) is 0 Å². The van der Waals surface area contributed by atoms with Crippen molar-refractivity contribution in [2.75, 3.05) is 19.7 Å². The van der Waals surface area contributed by atoms with Gasteiger partial charge < -0.3 is 20.4 Å². The molecule has 4 rings (SSSR count). The standard InChI is InChI=1S/C27H27N3O3/c1-2-33-25-15-9-7-13-21(25)27(32)30-18-26(31)29-16-22(19-10-4-3-5-11-19)23-17-28-24-14-8-6-12-20(23)24/h3-15,17,22,28H,2,16,18H2,1H3,(H,29,31)(H,30,32). The van der Waals surface area contributed by atoms with E-state index in [0.717, 1.165) is 22.0 Å². The van der Waals surface area contributed by atoms with Gasteiger partial charge in [-0.15, -0.1) is 0 Å². The Kier molecular flexibility index (Phi) is 7.05. The number of aromatic amines is 1. The van der Waals surface area contributed by atoms with Crippen LogP contribution in [0.4, 0.5) is 0 Å². The second kappa shape index (κ2) is 10.5. The molecule has 0 aliphatic heterocycles. The summed E-state index contributed by atoms with van der Waals surface area (Å²) in [5.41, 5.74) is 3.69. The highest BCUT2D eigenvalue weighted by Gasteiger charge is 2.19. The van der Waals surface area contributed by atoms with Gasteiger partial charge in [0.05, 0.1) is 18.7 Å². The number of aromatic nitrogens is 1. The van der Waals surface area contributed by atoms with Crippen LogP contribution in [0.2, 0.25) is 0 Å². The topological polar surface area (TPSA) is 83.2 Å². The van der Waals surface area contributed by atoms with Gasteiger partial charge in [-0.3, -0.25) is 9.59 Å². The molecule has 168 valence electrons. The van der Waals surface area contributed by atoms with Crippen molar-refractivity contribution < 1.29 is 14.3 Å². The summed E-state index contributed by atoms with van der Waals surface area (Å²) in [5, 5.41) is 6.80. The summed E-state index contributed by atoms with van der Waals surface area (Å²) in [6.45, 7) is 2.61. The molecule has 1 unspecified atom stereocenters. The van der Waals surface area contributed by atoms with Gasteiger partial charge in [0.15, 0.2) is 0 Å². The van der Waals surface area contributed by atoms with Crippen LogP contribution in [-0.2, 0) is 4.79 Å². The van der Waals surface area contributed by atoms with E-state index in [4.69, 9.17) is 4.74 Å². The van der Waals surface area contributed by atoms with E-state index >= 15 is 0 Å². The monoisotopic (exact) mass is 441 g/mol. The Hall–Kier alpha value is -4.06. The van der Waals surface area contributed by atoms with Gasteiger partial charge in [0, 0.05) is 29.6 Å². The third-order valence-electron chi connectivity index (χ3n) is 5.54. The number of para-hydroxylation sites is 2. The van der Waals surface area contributed by atoms with Crippen LogP contribution in [0, 0.1) is 0 Å². The summed E-state index contributed by atoms with van der Waals surface area (Å²) >= 11 is 0. The Morgan fingerprint density at radius 2 is 1.64 bits per heavy atom. The predicted molar refractivity (Wildman–Crippen MR) is 130 cm³/mol. The van der Waals surface area contributed by atoms with Crippen LogP contribution in [0.3, 0.4) is 0 Å². The average Bonchev–Trinajstić information content (AvgIpc) is 3.28. The summed E-state index contributed by atoms with van der Waals surface area (Å²) in [5.74, 6) is -0.120. The van der Waals surface area contributed by atoms with E-state index in [2.05, 4.69) is 33.8 Å². The minimum atomic E-state index is -0.342. The molecule has 2 amide bonds. The Balaban J connectivity index is 1.43. The summed E-state index contributed by atoms with van der Waals surface area (Å²) in [6, 6.07) is 25.2. The van der Waals surface area contributed by atoms with Crippen LogP contribution >= 0.6 is 0 Å². The molecular weight excluding hydrogens is 414 g/mol. The Morgan fingerprint density at radius 1 is 0.909 bits per heavy atom. The van der Waals surface area contributed by atoms with Crippen LogP contribution in [0.25, 0.3) is 10.9 Å². The van der Waals surface area contributed by atoms with Crippen molar-refractivity contribution in [3.63, 3.8) is 0 Å². The van der Waals surface area contributed by atoms with Crippen molar-refractivity contribution in [3.05, 3.63) is 102 Å². The third kappa shape index (κ3) is 5.23. The smallest absolute Gasteiger partial charge is 0.255 e. The van der Waals surface area contributed by atoms with Crippen LogP contribution in [0.5, 0.6) is 5.75 Å². The molecule has 0 radical (unpaired) electrons. The van der Waals surface area contributed by atoms with E-state index in [0.29, 0.717) is 24.5 Å². The SMILES string of the molecule is CCOc1ccccc1C(=O)NCC(=O)NCC(c1ccccc1)c1c[nH]c2ccccc12. The molecule has 6 nitrogen and oxygen atoms in total. The second-order valence-electron chi connectivity index (χ2n) is 7.67. The molecule has 0 saturated carbocycles. The van der Waals surface area contributed by atoms with Crippen LogP contribution in [0.15, 0.2) is 85.1 Å². The molecule has 0 saturated heterocycles. The zero-order valence-corrected chi connectivity index (χ0v) is 18.5. The predicted octanol–water partition coefficient (Wildman–Crippen LogP) is 4.24. The average molecular weight is 442 g/mol. The van der Waals surface area contributed by atoms with Crippen molar-refractivity contribution in [3.8, 4) is 5.75 Å². The molecule has 1 heterocycles. The van der Waals surface area contributed by atoms with Crippen LogP contribution in [0.1, 0.15) is 34.3 Å². The van der Waals surface area contributed by atoms with Crippen molar-refractivity contribution in [2.45, 2.75) is 12.8 Å². The molecule has 6 heteroatoms. The number of hydrogen-bond acceptors (Lipinski definition) is 3. The fourth-order valence-electron chi connectivity index (χ4n) is 3.94. The number of amides is 2. The van der Waals surface area contributed by atoms with Crippen LogP contribution < -0.4 is 15.4 Å². The van der Waals surface area contributed by atoms with Crippen molar-refractivity contribution in [1.29, 1.82) is 0 Å². The van der Waals surface area contributed by atoms with Gasteiger partial charge in [-0.05, 0) is 36.2 Å². The maximum atomic E-state index is 12.6. The maximum Gasteiger partial charge on any atom is 0.255 e. The number of rotatable bonds is 9. The summed E-state index contributed by atoms with van der Waals surface area (Å²) in [6.07, 6.45) is 2.00. The molecular formula is C27H27N3O3. The minimum absolute atomic E-state index is 0.0271. The molecule has 0 bridgehead atoms. The lowest BCUT2D eigenvalue weighted by Gasteiger charge is -2.18. The van der Waals surface area contributed by atoms with Crippen LogP contribution in [-0.4, -0.2) is 36.5 Å². The summed E-state index contributed by atoms with van der Waals surface area (Å²) < 4.78 is 5.51. The lowest BCUT2D eigenvalue weighted by molar-refractivity contribution is -0.120. The van der Waals surface area contributed by atoms with E-state index < -0.39 is 0 Å². The number of nitrogens with one attached hydrogen (secondary N) is 3. The number of carbonyl (C=O) groups is 2. The maximum absolute atomic E-state index is 12.6. The first kappa shape index (κ1) is 22.1. The fourth-order valence-corrected chi connectivity index (χ4v) is 3.94. The quantitative estimate of drug-likeness (QED) is 0.363. The van der Waals surface area contributed by atoms with E-state index in [1.54, 1.807) is 18.2 Å². The Morgan fingerprint density at radius 3 is 2.45 bits per heavy atom. The highest BCUT2D eigenvalue weighted by molar-refractivity contribution is 5.98. The number of ether oxygens (including phenoxy) is 1. The number of fused-ring (bicyclic) bond motifs is 1. The Labute approximate surface area is 193 Å². The van der Waals surface area contributed by atoms with E-state index in [1.165, 1.54) is 0 Å². The molecule has 1 atom stereocenters. The molecule has 3 aromatic carbocycles. The zero-order chi connectivity index (χ0) is 23.0. The lowest BCUT2D eigenvalue weighted by Crippen LogP contribution is -2.38. The molecule has 4 aromatic rings. The van der Waals surface area contributed by atoms with Gasteiger partial charge in [-0.25, -0.2) is 0 Å².